The van der Waals surface area contributed by atoms with Crippen LogP contribution in [-0.2, 0) is 9.47 Å². The maximum Gasteiger partial charge on any atom is 0.509 e. The van der Waals surface area contributed by atoms with Crippen LogP contribution in [0.4, 0.5) is 4.79 Å². The first-order valence-electron chi connectivity index (χ1n) is 4.34. The predicted molar refractivity (Wildman–Crippen MR) is 47.6 cm³/mol. The van der Waals surface area contributed by atoms with Crippen LogP contribution in [0.1, 0.15) is 11.7 Å². The Bertz CT molecular complexity index is 322. The van der Waals surface area contributed by atoms with Gasteiger partial charge in [0.2, 0.25) is 0 Å². The fourth-order valence-electron chi connectivity index (χ4n) is 1.45. The number of aliphatic hydroxyl groups excluding tert-OH is 1. The van der Waals surface area contributed by atoms with Gasteiger partial charge in [0.25, 0.3) is 0 Å². The van der Waals surface area contributed by atoms with Gasteiger partial charge in [-0.15, -0.1) is 0 Å². The number of carbonyl (C=O) groups excluding carboxylic acids is 1. The number of aliphatic hydroxyl groups is 1. The topological polar surface area (TPSA) is 55.8 Å². The molecule has 1 heterocycles. The van der Waals surface area contributed by atoms with Gasteiger partial charge in [0.05, 0.1) is 6.61 Å². The number of benzene rings is 1. The minimum absolute atomic E-state index is 0.231. The molecule has 1 fully saturated rings. The molecule has 1 aromatic rings. The van der Waals surface area contributed by atoms with Gasteiger partial charge in [0.15, 0.2) is 12.2 Å². The summed E-state index contributed by atoms with van der Waals surface area (Å²) in [6, 6.07) is 9.21. The third-order valence-corrected chi connectivity index (χ3v) is 2.12. The highest BCUT2D eigenvalue weighted by molar-refractivity contribution is 5.63. The monoisotopic (exact) mass is 194 g/mol. The van der Waals surface area contributed by atoms with Crippen LogP contribution in [0.2, 0.25) is 0 Å². The molecule has 4 nitrogen and oxygen atoms in total. The van der Waals surface area contributed by atoms with E-state index in [2.05, 4.69) is 0 Å². The Balaban J connectivity index is 2.22. The maximum absolute atomic E-state index is 10.8. The Morgan fingerprint density at radius 2 is 1.93 bits per heavy atom. The molecule has 0 radical (unpaired) electrons. The molecule has 2 atom stereocenters. The second-order valence-electron chi connectivity index (χ2n) is 3.04. The summed E-state index contributed by atoms with van der Waals surface area (Å²) in [5.74, 6) is 0. The molecule has 1 saturated heterocycles. The smallest absolute Gasteiger partial charge is 0.424 e. The van der Waals surface area contributed by atoms with Crippen LogP contribution in [0.25, 0.3) is 0 Å². The van der Waals surface area contributed by atoms with E-state index in [1.54, 1.807) is 0 Å². The first-order valence-corrected chi connectivity index (χ1v) is 4.34. The van der Waals surface area contributed by atoms with Crippen molar-refractivity contribution in [1.82, 2.24) is 0 Å². The standard InChI is InChI=1S/C10H10O4/c11-6-8-9(14-10(12)13-8)7-4-2-1-3-5-7/h1-5,8-9,11H,6H2/t8-,9-/m0/s1. The molecule has 0 aliphatic carbocycles. The number of hydrogen-bond acceptors (Lipinski definition) is 4. The number of hydrogen-bond donors (Lipinski definition) is 1. The van der Waals surface area contributed by atoms with Crippen LogP contribution >= 0.6 is 0 Å². The average Bonchev–Trinajstić information content (AvgIpc) is 2.61. The van der Waals surface area contributed by atoms with Crippen LogP contribution in [0.5, 0.6) is 0 Å². The molecule has 0 spiro atoms. The minimum atomic E-state index is -0.724. The van der Waals surface area contributed by atoms with Crippen molar-refractivity contribution >= 4 is 6.16 Å². The molecule has 1 N–H and O–H groups in total. The molecule has 0 bridgehead atoms. The Morgan fingerprint density at radius 1 is 1.21 bits per heavy atom. The van der Waals surface area contributed by atoms with Crippen molar-refractivity contribution in [3.63, 3.8) is 0 Å². The van der Waals surface area contributed by atoms with Gasteiger partial charge < -0.3 is 14.6 Å². The largest absolute Gasteiger partial charge is 0.509 e. The van der Waals surface area contributed by atoms with Gasteiger partial charge >= 0.3 is 6.16 Å². The van der Waals surface area contributed by atoms with Crippen molar-refractivity contribution in [2.75, 3.05) is 6.61 Å². The molecule has 14 heavy (non-hydrogen) atoms. The summed E-state index contributed by atoms with van der Waals surface area (Å²) in [5, 5.41) is 8.96. The maximum atomic E-state index is 10.8. The summed E-state index contributed by atoms with van der Waals surface area (Å²) in [5.41, 5.74) is 0.831. The molecular formula is C10H10O4. The van der Waals surface area contributed by atoms with E-state index in [0.717, 1.165) is 5.56 Å². The second kappa shape index (κ2) is 3.67. The summed E-state index contributed by atoms with van der Waals surface area (Å²) < 4.78 is 9.70. The van der Waals surface area contributed by atoms with Crippen LogP contribution in [0, 0.1) is 0 Å². The van der Waals surface area contributed by atoms with Gasteiger partial charge in [-0.2, -0.15) is 0 Å². The molecular weight excluding hydrogens is 184 g/mol. The lowest BCUT2D eigenvalue weighted by Crippen LogP contribution is -2.19. The lowest BCUT2D eigenvalue weighted by Gasteiger charge is -2.12. The van der Waals surface area contributed by atoms with E-state index in [1.807, 2.05) is 30.3 Å². The fourth-order valence-corrected chi connectivity index (χ4v) is 1.45. The van der Waals surface area contributed by atoms with Gasteiger partial charge in [-0.1, -0.05) is 30.3 Å². The zero-order valence-corrected chi connectivity index (χ0v) is 7.42. The number of cyclic esters (lactones) is 2. The average molecular weight is 194 g/mol. The Kier molecular flexibility index (Phi) is 2.37. The number of ether oxygens (including phenoxy) is 2. The number of rotatable bonds is 2. The minimum Gasteiger partial charge on any atom is -0.424 e. The predicted octanol–water partition coefficient (Wildman–Crippen LogP) is 1.26. The van der Waals surface area contributed by atoms with Gasteiger partial charge in [-0.05, 0) is 5.56 Å². The van der Waals surface area contributed by atoms with Gasteiger partial charge in [0, 0.05) is 0 Å². The van der Waals surface area contributed by atoms with Gasteiger partial charge in [-0.3, -0.25) is 0 Å². The molecule has 0 saturated carbocycles. The summed E-state index contributed by atoms with van der Waals surface area (Å²) in [7, 11) is 0. The highest BCUT2D eigenvalue weighted by Gasteiger charge is 2.36. The molecule has 1 aliphatic heterocycles. The first kappa shape index (κ1) is 9.02. The van der Waals surface area contributed by atoms with E-state index in [9.17, 15) is 4.79 Å². The van der Waals surface area contributed by atoms with E-state index in [-0.39, 0.29) is 6.61 Å². The molecule has 74 valence electrons. The quantitative estimate of drug-likeness (QED) is 0.720. The van der Waals surface area contributed by atoms with Crippen molar-refractivity contribution in [3.8, 4) is 0 Å². The molecule has 0 aromatic heterocycles. The van der Waals surface area contributed by atoms with E-state index in [0.29, 0.717) is 0 Å². The third kappa shape index (κ3) is 1.56. The Morgan fingerprint density at radius 3 is 2.57 bits per heavy atom. The van der Waals surface area contributed by atoms with Gasteiger partial charge in [-0.25, -0.2) is 4.79 Å². The lowest BCUT2D eigenvalue weighted by atomic mass is 10.1. The van der Waals surface area contributed by atoms with Crippen molar-refractivity contribution in [3.05, 3.63) is 35.9 Å². The SMILES string of the molecule is O=C1O[C@@H](CO)[C@H](c2ccccc2)O1. The second-order valence-corrected chi connectivity index (χ2v) is 3.04. The third-order valence-electron chi connectivity index (χ3n) is 2.12. The molecule has 1 aliphatic rings. The van der Waals surface area contributed by atoms with Crippen molar-refractivity contribution < 1.29 is 19.4 Å². The lowest BCUT2D eigenvalue weighted by molar-refractivity contribution is 0.0816. The van der Waals surface area contributed by atoms with E-state index in [1.165, 1.54) is 0 Å². The summed E-state index contributed by atoms with van der Waals surface area (Å²) in [6.45, 7) is -0.231. The molecule has 1 aromatic carbocycles. The van der Waals surface area contributed by atoms with Crippen LogP contribution in [-0.4, -0.2) is 24.0 Å². The molecule has 0 amide bonds. The Labute approximate surface area is 81.1 Å². The van der Waals surface area contributed by atoms with E-state index in [4.69, 9.17) is 14.6 Å². The van der Waals surface area contributed by atoms with Crippen LogP contribution in [0.3, 0.4) is 0 Å². The van der Waals surface area contributed by atoms with E-state index < -0.39 is 18.4 Å². The highest BCUT2D eigenvalue weighted by atomic mass is 16.8. The zero-order valence-electron chi connectivity index (χ0n) is 7.42. The Hall–Kier alpha value is -1.55. The van der Waals surface area contributed by atoms with Crippen LogP contribution < -0.4 is 0 Å². The fraction of sp³-hybridized carbons (Fsp3) is 0.300. The van der Waals surface area contributed by atoms with Crippen molar-refractivity contribution in [2.24, 2.45) is 0 Å². The van der Waals surface area contributed by atoms with E-state index >= 15 is 0 Å². The van der Waals surface area contributed by atoms with Crippen molar-refractivity contribution in [1.29, 1.82) is 0 Å². The first-order chi connectivity index (χ1) is 6.81. The summed E-state index contributed by atoms with van der Waals surface area (Å²) >= 11 is 0. The summed E-state index contributed by atoms with van der Waals surface area (Å²) in [6.07, 6.45) is -1.81. The normalized spacial score (nSPS) is 25.6. The number of carbonyl (C=O) groups is 1. The molecule has 2 rings (SSSR count). The summed E-state index contributed by atoms with van der Waals surface area (Å²) in [4.78, 5) is 10.8. The zero-order chi connectivity index (χ0) is 9.97. The highest BCUT2D eigenvalue weighted by Crippen LogP contribution is 2.29. The van der Waals surface area contributed by atoms with Crippen LogP contribution in [0.15, 0.2) is 30.3 Å². The molecule has 0 unspecified atom stereocenters. The van der Waals surface area contributed by atoms with Gasteiger partial charge in [0.1, 0.15) is 0 Å². The van der Waals surface area contributed by atoms with Crippen molar-refractivity contribution in [2.45, 2.75) is 12.2 Å². The molecule has 4 heteroatoms.